The van der Waals surface area contributed by atoms with E-state index in [4.69, 9.17) is 4.74 Å². The second kappa shape index (κ2) is 4.00. The smallest absolute Gasteiger partial charge is 0.226 e. The normalized spacial score (nSPS) is 32.8. The SMILES string of the molecule is O=C([C@H]1CC12CCNCC2)N1CCOCC1. The number of rotatable bonds is 1. The second-order valence-electron chi connectivity index (χ2n) is 5.31. The Bertz CT molecular complexity index is 281. The topological polar surface area (TPSA) is 41.6 Å². The molecule has 0 aromatic rings. The molecule has 0 aromatic carbocycles. The number of morpholine rings is 1. The standard InChI is InChI=1S/C12H20N2O2/c15-11(14-5-7-16-8-6-14)10-9-12(10)1-3-13-4-2-12/h10,13H,1-9H2/t10-/m1/s1. The zero-order valence-corrected chi connectivity index (χ0v) is 9.71. The van der Waals surface area contributed by atoms with E-state index in [0.717, 1.165) is 32.6 Å². The average Bonchev–Trinajstić information content (AvgIpc) is 3.04. The van der Waals surface area contributed by atoms with E-state index < -0.39 is 0 Å². The summed E-state index contributed by atoms with van der Waals surface area (Å²) in [6.07, 6.45) is 3.51. The van der Waals surface area contributed by atoms with Crippen LogP contribution < -0.4 is 5.32 Å². The molecular formula is C12H20N2O2. The molecule has 1 atom stereocenters. The molecule has 1 saturated carbocycles. The monoisotopic (exact) mass is 224 g/mol. The van der Waals surface area contributed by atoms with Crippen LogP contribution in [0.5, 0.6) is 0 Å². The van der Waals surface area contributed by atoms with Crippen molar-refractivity contribution in [3.8, 4) is 0 Å². The third-order valence-electron chi connectivity index (χ3n) is 4.41. The van der Waals surface area contributed by atoms with Crippen molar-refractivity contribution in [2.24, 2.45) is 11.3 Å². The number of hydrogen-bond acceptors (Lipinski definition) is 3. The predicted molar refractivity (Wildman–Crippen MR) is 60.0 cm³/mol. The molecule has 4 heteroatoms. The maximum absolute atomic E-state index is 12.3. The number of hydrogen-bond donors (Lipinski definition) is 1. The summed E-state index contributed by atoms with van der Waals surface area (Å²) in [7, 11) is 0. The molecule has 0 radical (unpaired) electrons. The van der Waals surface area contributed by atoms with Crippen LogP contribution in [-0.2, 0) is 9.53 Å². The molecule has 1 N–H and O–H groups in total. The van der Waals surface area contributed by atoms with Crippen molar-refractivity contribution in [3.05, 3.63) is 0 Å². The van der Waals surface area contributed by atoms with Crippen LogP contribution >= 0.6 is 0 Å². The fourth-order valence-corrected chi connectivity index (χ4v) is 3.18. The van der Waals surface area contributed by atoms with E-state index in [2.05, 4.69) is 5.32 Å². The molecule has 90 valence electrons. The number of piperidine rings is 1. The van der Waals surface area contributed by atoms with Gasteiger partial charge in [0.2, 0.25) is 5.91 Å². The Morgan fingerprint density at radius 3 is 2.62 bits per heavy atom. The molecule has 2 heterocycles. The van der Waals surface area contributed by atoms with Gasteiger partial charge in [-0.25, -0.2) is 0 Å². The molecule has 2 aliphatic heterocycles. The fourth-order valence-electron chi connectivity index (χ4n) is 3.18. The summed E-state index contributed by atoms with van der Waals surface area (Å²) in [5.41, 5.74) is 0.376. The van der Waals surface area contributed by atoms with Gasteiger partial charge in [0.05, 0.1) is 13.2 Å². The van der Waals surface area contributed by atoms with Crippen molar-refractivity contribution >= 4 is 5.91 Å². The van der Waals surface area contributed by atoms with Gasteiger partial charge in [-0.1, -0.05) is 0 Å². The molecule has 0 aromatic heterocycles. The predicted octanol–water partition coefficient (Wildman–Crippen LogP) is 0.235. The van der Waals surface area contributed by atoms with E-state index >= 15 is 0 Å². The quantitative estimate of drug-likeness (QED) is 0.693. The lowest BCUT2D eigenvalue weighted by Crippen LogP contribution is -2.43. The van der Waals surface area contributed by atoms with Crippen molar-refractivity contribution in [1.82, 2.24) is 10.2 Å². The minimum Gasteiger partial charge on any atom is -0.378 e. The Kier molecular flexibility index (Phi) is 2.64. The Morgan fingerprint density at radius 1 is 1.25 bits per heavy atom. The summed E-state index contributed by atoms with van der Waals surface area (Å²) < 4.78 is 5.28. The van der Waals surface area contributed by atoms with Crippen LogP contribution in [0.4, 0.5) is 0 Å². The Balaban J connectivity index is 1.60. The van der Waals surface area contributed by atoms with Crippen LogP contribution in [0.25, 0.3) is 0 Å². The third kappa shape index (κ3) is 1.74. The van der Waals surface area contributed by atoms with Crippen LogP contribution in [-0.4, -0.2) is 50.2 Å². The number of ether oxygens (including phenoxy) is 1. The van der Waals surface area contributed by atoms with E-state index in [0.29, 0.717) is 30.5 Å². The van der Waals surface area contributed by atoms with Crippen LogP contribution in [0.2, 0.25) is 0 Å². The zero-order chi connectivity index (χ0) is 11.0. The minimum absolute atomic E-state index is 0.327. The Morgan fingerprint density at radius 2 is 1.94 bits per heavy atom. The summed E-state index contributed by atoms with van der Waals surface area (Å²) in [6.45, 7) is 5.20. The zero-order valence-electron chi connectivity index (χ0n) is 9.71. The van der Waals surface area contributed by atoms with E-state index in [1.807, 2.05) is 4.90 Å². The van der Waals surface area contributed by atoms with Gasteiger partial charge in [-0.3, -0.25) is 4.79 Å². The van der Waals surface area contributed by atoms with Crippen LogP contribution in [0.3, 0.4) is 0 Å². The molecular weight excluding hydrogens is 204 g/mol. The van der Waals surface area contributed by atoms with Gasteiger partial charge in [0.25, 0.3) is 0 Å². The second-order valence-corrected chi connectivity index (χ2v) is 5.31. The first-order valence-corrected chi connectivity index (χ1v) is 6.39. The summed E-state index contributed by atoms with van der Waals surface area (Å²) in [5, 5.41) is 3.37. The maximum Gasteiger partial charge on any atom is 0.226 e. The minimum atomic E-state index is 0.327. The molecule has 0 unspecified atom stereocenters. The molecule has 3 fully saturated rings. The van der Waals surface area contributed by atoms with Gasteiger partial charge in [-0.2, -0.15) is 0 Å². The van der Waals surface area contributed by atoms with Crippen molar-refractivity contribution in [2.75, 3.05) is 39.4 Å². The third-order valence-corrected chi connectivity index (χ3v) is 4.41. The largest absolute Gasteiger partial charge is 0.378 e. The number of carbonyl (C=O) groups excluding carboxylic acids is 1. The first-order valence-electron chi connectivity index (χ1n) is 6.39. The molecule has 3 aliphatic rings. The summed E-state index contributed by atoms with van der Waals surface area (Å²) in [5.74, 6) is 0.720. The highest BCUT2D eigenvalue weighted by atomic mass is 16.5. The van der Waals surface area contributed by atoms with Crippen LogP contribution in [0, 0.1) is 11.3 Å². The first-order chi connectivity index (χ1) is 7.82. The van der Waals surface area contributed by atoms with Crippen LogP contribution in [0.15, 0.2) is 0 Å². The highest BCUT2D eigenvalue weighted by Crippen LogP contribution is 2.59. The number of nitrogens with one attached hydrogen (secondary N) is 1. The van der Waals surface area contributed by atoms with E-state index in [1.54, 1.807) is 0 Å². The highest BCUT2D eigenvalue weighted by Gasteiger charge is 2.58. The lowest BCUT2D eigenvalue weighted by Gasteiger charge is -2.29. The molecule has 3 rings (SSSR count). The highest BCUT2D eigenvalue weighted by molar-refractivity contribution is 5.82. The van der Waals surface area contributed by atoms with Gasteiger partial charge in [0.1, 0.15) is 0 Å². The summed E-state index contributed by atoms with van der Waals surface area (Å²) >= 11 is 0. The van der Waals surface area contributed by atoms with Crippen molar-refractivity contribution in [1.29, 1.82) is 0 Å². The van der Waals surface area contributed by atoms with Gasteiger partial charge in [-0.05, 0) is 37.8 Å². The first kappa shape index (κ1) is 10.5. The number of carbonyl (C=O) groups is 1. The van der Waals surface area contributed by atoms with Crippen molar-refractivity contribution in [3.63, 3.8) is 0 Å². The molecule has 1 aliphatic carbocycles. The van der Waals surface area contributed by atoms with E-state index in [-0.39, 0.29) is 0 Å². The van der Waals surface area contributed by atoms with Gasteiger partial charge in [-0.15, -0.1) is 0 Å². The van der Waals surface area contributed by atoms with Gasteiger partial charge in [0.15, 0.2) is 0 Å². The molecule has 16 heavy (non-hydrogen) atoms. The molecule has 1 amide bonds. The number of amides is 1. The Hall–Kier alpha value is -0.610. The molecule has 2 saturated heterocycles. The Labute approximate surface area is 96.3 Å². The lowest BCUT2D eigenvalue weighted by atomic mass is 9.91. The van der Waals surface area contributed by atoms with Crippen molar-refractivity contribution < 1.29 is 9.53 Å². The average molecular weight is 224 g/mol. The number of nitrogens with zero attached hydrogens (tertiary/aromatic N) is 1. The van der Waals surface area contributed by atoms with Crippen molar-refractivity contribution in [2.45, 2.75) is 19.3 Å². The molecule has 1 spiro atoms. The summed E-state index contributed by atoms with van der Waals surface area (Å²) in [6, 6.07) is 0. The molecule has 4 nitrogen and oxygen atoms in total. The summed E-state index contributed by atoms with van der Waals surface area (Å²) in [4.78, 5) is 14.3. The fraction of sp³-hybridized carbons (Fsp3) is 0.917. The van der Waals surface area contributed by atoms with Gasteiger partial charge in [0, 0.05) is 19.0 Å². The van der Waals surface area contributed by atoms with Gasteiger partial charge >= 0.3 is 0 Å². The van der Waals surface area contributed by atoms with Gasteiger partial charge < -0.3 is 15.0 Å². The molecule has 0 bridgehead atoms. The van der Waals surface area contributed by atoms with E-state index in [9.17, 15) is 4.79 Å². The maximum atomic E-state index is 12.3. The lowest BCUT2D eigenvalue weighted by molar-refractivity contribution is -0.137. The van der Waals surface area contributed by atoms with E-state index in [1.165, 1.54) is 12.8 Å². The van der Waals surface area contributed by atoms with Crippen LogP contribution in [0.1, 0.15) is 19.3 Å².